The lowest BCUT2D eigenvalue weighted by Gasteiger charge is -2.28. The number of benzene rings is 1. The molecule has 0 atom stereocenters. The van der Waals surface area contributed by atoms with Gasteiger partial charge in [0.2, 0.25) is 0 Å². The molecule has 0 saturated carbocycles. The fourth-order valence-electron chi connectivity index (χ4n) is 3.24. The Kier molecular flexibility index (Phi) is 6.32. The number of urea groups is 1. The van der Waals surface area contributed by atoms with E-state index in [1.807, 2.05) is 12.1 Å². The molecule has 132 valence electrons. The molecule has 0 aliphatic carbocycles. The van der Waals surface area contributed by atoms with Crippen LogP contribution in [-0.2, 0) is 4.74 Å². The molecule has 2 aliphatic rings. The van der Waals surface area contributed by atoms with Gasteiger partial charge in [0, 0.05) is 50.6 Å². The van der Waals surface area contributed by atoms with Crippen LogP contribution in [0.4, 0.5) is 16.2 Å². The van der Waals surface area contributed by atoms with Crippen molar-refractivity contribution in [2.45, 2.75) is 19.3 Å². The van der Waals surface area contributed by atoms with E-state index in [1.165, 1.54) is 24.9 Å². The number of ether oxygens (including phenoxy) is 1. The number of morpholine rings is 1. The second-order valence-electron chi connectivity index (χ2n) is 6.43. The minimum absolute atomic E-state index is 0.144. The quantitative estimate of drug-likeness (QED) is 0.867. The van der Waals surface area contributed by atoms with E-state index in [1.54, 1.807) is 0 Å². The SMILES string of the molecule is O=C(NCCN1CCOCC1)Nc1ccc(N2CCCCC2)cc1. The summed E-state index contributed by atoms with van der Waals surface area (Å²) in [7, 11) is 0. The van der Waals surface area contributed by atoms with Gasteiger partial charge >= 0.3 is 6.03 Å². The molecule has 2 saturated heterocycles. The number of anilines is 2. The molecule has 1 aromatic rings. The number of hydrogen-bond acceptors (Lipinski definition) is 4. The lowest BCUT2D eigenvalue weighted by atomic mass is 10.1. The van der Waals surface area contributed by atoms with Gasteiger partial charge in [-0.15, -0.1) is 0 Å². The van der Waals surface area contributed by atoms with Crippen LogP contribution in [0.5, 0.6) is 0 Å². The summed E-state index contributed by atoms with van der Waals surface area (Å²) in [6, 6.07) is 7.99. The number of hydrogen-bond donors (Lipinski definition) is 2. The molecular weight excluding hydrogens is 304 g/mol. The third kappa shape index (κ3) is 5.11. The second-order valence-corrected chi connectivity index (χ2v) is 6.43. The van der Waals surface area contributed by atoms with Gasteiger partial charge in [-0.1, -0.05) is 0 Å². The predicted molar refractivity (Wildman–Crippen MR) is 96.8 cm³/mol. The molecular formula is C18H28N4O2. The van der Waals surface area contributed by atoms with Gasteiger partial charge in [-0.05, 0) is 43.5 Å². The molecule has 0 bridgehead atoms. The summed E-state index contributed by atoms with van der Waals surface area (Å²) < 4.78 is 5.31. The Hall–Kier alpha value is -1.79. The van der Waals surface area contributed by atoms with Crippen LogP contribution in [0.1, 0.15) is 19.3 Å². The molecule has 2 N–H and O–H groups in total. The van der Waals surface area contributed by atoms with E-state index in [0.29, 0.717) is 6.54 Å². The Balaban J connectivity index is 1.39. The monoisotopic (exact) mass is 332 g/mol. The van der Waals surface area contributed by atoms with E-state index in [-0.39, 0.29) is 6.03 Å². The van der Waals surface area contributed by atoms with E-state index in [9.17, 15) is 4.79 Å². The van der Waals surface area contributed by atoms with Crippen molar-refractivity contribution in [2.24, 2.45) is 0 Å². The number of carbonyl (C=O) groups excluding carboxylic acids is 1. The van der Waals surface area contributed by atoms with Gasteiger partial charge < -0.3 is 20.3 Å². The van der Waals surface area contributed by atoms with Crippen LogP contribution in [0, 0.1) is 0 Å². The Morgan fingerprint density at radius 3 is 2.42 bits per heavy atom. The van der Waals surface area contributed by atoms with Gasteiger partial charge in [0.25, 0.3) is 0 Å². The molecule has 0 radical (unpaired) electrons. The summed E-state index contributed by atoms with van der Waals surface area (Å²) in [5.41, 5.74) is 2.08. The third-order valence-electron chi connectivity index (χ3n) is 4.66. The summed E-state index contributed by atoms with van der Waals surface area (Å²) in [6.45, 7) is 7.25. The predicted octanol–water partition coefficient (Wildman–Crippen LogP) is 2.13. The summed E-state index contributed by atoms with van der Waals surface area (Å²) in [6.07, 6.45) is 3.87. The molecule has 0 aromatic heterocycles. The van der Waals surface area contributed by atoms with Gasteiger partial charge in [0.15, 0.2) is 0 Å². The van der Waals surface area contributed by atoms with Crippen molar-refractivity contribution in [2.75, 3.05) is 62.7 Å². The van der Waals surface area contributed by atoms with E-state index in [2.05, 4.69) is 32.6 Å². The van der Waals surface area contributed by atoms with Crippen molar-refractivity contribution in [3.63, 3.8) is 0 Å². The fourth-order valence-corrected chi connectivity index (χ4v) is 3.24. The molecule has 3 rings (SSSR count). The highest BCUT2D eigenvalue weighted by molar-refractivity contribution is 5.89. The summed E-state index contributed by atoms with van der Waals surface area (Å²) in [5, 5.41) is 5.81. The Bertz CT molecular complexity index is 508. The van der Waals surface area contributed by atoms with Gasteiger partial charge in [0.05, 0.1) is 13.2 Å². The van der Waals surface area contributed by atoms with E-state index in [4.69, 9.17) is 4.74 Å². The van der Waals surface area contributed by atoms with Crippen molar-refractivity contribution in [1.82, 2.24) is 10.2 Å². The number of rotatable bonds is 5. The van der Waals surface area contributed by atoms with Gasteiger partial charge in [-0.2, -0.15) is 0 Å². The number of carbonyl (C=O) groups is 1. The van der Waals surface area contributed by atoms with Crippen LogP contribution >= 0.6 is 0 Å². The van der Waals surface area contributed by atoms with Gasteiger partial charge in [-0.3, -0.25) is 4.90 Å². The zero-order chi connectivity index (χ0) is 16.6. The Morgan fingerprint density at radius 2 is 1.71 bits per heavy atom. The van der Waals surface area contributed by atoms with Crippen LogP contribution in [0.25, 0.3) is 0 Å². The van der Waals surface area contributed by atoms with Crippen molar-refractivity contribution in [3.8, 4) is 0 Å². The molecule has 0 spiro atoms. The zero-order valence-electron chi connectivity index (χ0n) is 14.3. The first kappa shape index (κ1) is 17.0. The third-order valence-corrected chi connectivity index (χ3v) is 4.66. The first-order chi connectivity index (χ1) is 11.8. The molecule has 2 amide bonds. The largest absolute Gasteiger partial charge is 0.379 e. The van der Waals surface area contributed by atoms with Crippen molar-refractivity contribution in [1.29, 1.82) is 0 Å². The Labute approximate surface area is 144 Å². The zero-order valence-corrected chi connectivity index (χ0v) is 14.3. The summed E-state index contributed by atoms with van der Waals surface area (Å²) in [5.74, 6) is 0. The maximum absolute atomic E-state index is 12.0. The average Bonchev–Trinajstić information content (AvgIpc) is 2.64. The van der Waals surface area contributed by atoms with Crippen molar-refractivity contribution in [3.05, 3.63) is 24.3 Å². The summed E-state index contributed by atoms with van der Waals surface area (Å²) in [4.78, 5) is 16.7. The lowest BCUT2D eigenvalue weighted by molar-refractivity contribution is 0.0388. The van der Waals surface area contributed by atoms with Crippen LogP contribution in [0.2, 0.25) is 0 Å². The molecule has 0 unspecified atom stereocenters. The minimum Gasteiger partial charge on any atom is -0.379 e. The number of amides is 2. The van der Waals surface area contributed by atoms with Crippen LogP contribution in [0.15, 0.2) is 24.3 Å². The maximum Gasteiger partial charge on any atom is 0.319 e. The van der Waals surface area contributed by atoms with E-state index in [0.717, 1.165) is 51.6 Å². The second kappa shape index (κ2) is 8.89. The first-order valence-electron chi connectivity index (χ1n) is 9.01. The summed E-state index contributed by atoms with van der Waals surface area (Å²) >= 11 is 0. The minimum atomic E-state index is -0.144. The number of nitrogens with zero attached hydrogens (tertiary/aromatic N) is 2. The molecule has 6 nitrogen and oxygen atoms in total. The lowest BCUT2D eigenvalue weighted by Crippen LogP contribution is -2.42. The smallest absolute Gasteiger partial charge is 0.319 e. The molecule has 2 aliphatic heterocycles. The van der Waals surface area contributed by atoms with Crippen LogP contribution in [-0.4, -0.2) is 63.4 Å². The molecule has 6 heteroatoms. The Morgan fingerprint density at radius 1 is 1.00 bits per heavy atom. The number of nitrogens with one attached hydrogen (secondary N) is 2. The highest BCUT2D eigenvalue weighted by Crippen LogP contribution is 2.21. The number of piperidine rings is 1. The first-order valence-corrected chi connectivity index (χ1v) is 9.01. The van der Waals surface area contributed by atoms with Crippen molar-refractivity contribution < 1.29 is 9.53 Å². The average molecular weight is 332 g/mol. The molecule has 2 fully saturated rings. The highest BCUT2D eigenvalue weighted by Gasteiger charge is 2.12. The topological polar surface area (TPSA) is 56.8 Å². The van der Waals surface area contributed by atoms with E-state index < -0.39 is 0 Å². The standard InChI is InChI=1S/C18H28N4O2/c23-18(19-8-11-21-12-14-24-15-13-21)20-16-4-6-17(7-5-16)22-9-2-1-3-10-22/h4-7H,1-3,8-15H2,(H2,19,20,23). The fraction of sp³-hybridized carbons (Fsp3) is 0.611. The van der Waals surface area contributed by atoms with Gasteiger partial charge in [-0.25, -0.2) is 4.79 Å². The van der Waals surface area contributed by atoms with Gasteiger partial charge in [0.1, 0.15) is 0 Å². The van der Waals surface area contributed by atoms with Crippen LogP contribution < -0.4 is 15.5 Å². The highest BCUT2D eigenvalue weighted by atomic mass is 16.5. The van der Waals surface area contributed by atoms with Crippen molar-refractivity contribution >= 4 is 17.4 Å². The van der Waals surface area contributed by atoms with E-state index >= 15 is 0 Å². The molecule has 1 aromatic carbocycles. The normalized spacial score (nSPS) is 19.1. The maximum atomic E-state index is 12.0. The molecule has 24 heavy (non-hydrogen) atoms. The van der Waals surface area contributed by atoms with Crippen LogP contribution in [0.3, 0.4) is 0 Å². The molecule has 2 heterocycles.